The molecule has 122 valence electrons. The fourth-order valence-electron chi connectivity index (χ4n) is 2.87. The van der Waals surface area contributed by atoms with Crippen molar-refractivity contribution in [2.24, 2.45) is 0 Å². The van der Waals surface area contributed by atoms with E-state index >= 15 is 0 Å². The Kier molecular flexibility index (Phi) is 3.89. The van der Waals surface area contributed by atoms with E-state index < -0.39 is 0 Å². The van der Waals surface area contributed by atoms with E-state index in [4.69, 9.17) is 0 Å². The Labute approximate surface area is 138 Å². The number of rotatable bonds is 4. The van der Waals surface area contributed by atoms with Crippen LogP contribution in [-0.2, 0) is 32.0 Å². The Morgan fingerprint density at radius 1 is 0.667 bits per heavy atom. The molecule has 6 nitrogen and oxygen atoms in total. The molecule has 1 aromatic rings. The summed E-state index contributed by atoms with van der Waals surface area (Å²) in [5, 5.41) is 4.56. The number of carbonyl (C=O) groups is 4. The molecule has 1 aromatic carbocycles. The van der Waals surface area contributed by atoms with E-state index in [2.05, 4.69) is 10.6 Å². The van der Waals surface area contributed by atoms with Gasteiger partial charge < -0.3 is 0 Å². The minimum Gasteiger partial charge on any atom is -0.289 e. The van der Waals surface area contributed by atoms with E-state index in [0.717, 1.165) is 11.1 Å². The lowest BCUT2D eigenvalue weighted by atomic mass is 9.93. The predicted molar refractivity (Wildman–Crippen MR) is 85.5 cm³/mol. The monoisotopic (exact) mass is 324 g/mol. The average Bonchev–Trinajstić information content (AvgIpc) is 2.92. The van der Waals surface area contributed by atoms with E-state index in [1.165, 1.54) is 0 Å². The SMILES string of the molecule is CC1=C(Cc2ccccc2CC2=C(C)C(=O)NC2=O)C(=O)NC1=O. The van der Waals surface area contributed by atoms with E-state index in [9.17, 15) is 19.2 Å². The van der Waals surface area contributed by atoms with Crippen LogP contribution in [0.1, 0.15) is 25.0 Å². The van der Waals surface area contributed by atoms with Crippen LogP contribution >= 0.6 is 0 Å². The molecule has 2 aliphatic heterocycles. The molecular weight excluding hydrogens is 308 g/mol. The third kappa shape index (κ3) is 2.67. The molecule has 0 radical (unpaired) electrons. The van der Waals surface area contributed by atoms with Crippen molar-refractivity contribution >= 4 is 23.6 Å². The molecule has 0 spiro atoms. The molecule has 2 heterocycles. The molecule has 2 aliphatic rings. The molecule has 2 N–H and O–H groups in total. The van der Waals surface area contributed by atoms with Crippen molar-refractivity contribution in [3.63, 3.8) is 0 Å². The number of nitrogens with one attached hydrogen (secondary N) is 2. The third-order valence-corrected chi connectivity index (χ3v) is 4.44. The number of benzene rings is 1. The maximum Gasteiger partial charge on any atom is 0.254 e. The van der Waals surface area contributed by atoms with Crippen molar-refractivity contribution in [3.8, 4) is 0 Å². The molecule has 0 unspecified atom stereocenters. The standard InChI is InChI=1S/C18H16N2O4/c1-9-13(17(23)19-15(9)21)7-11-5-3-4-6-12(11)8-14-10(2)16(22)20-18(14)24/h3-6H,7-8H2,1-2H3,(H,19,21,23)(H,20,22,24). The summed E-state index contributed by atoms with van der Waals surface area (Å²) in [5.41, 5.74) is 3.40. The normalized spacial score (nSPS) is 17.8. The lowest BCUT2D eigenvalue weighted by Crippen LogP contribution is -2.23. The Hall–Kier alpha value is -3.02. The van der Waals surface area contributed by atoms with Crippen LogP contribution in [0, 0.1) is 0 Å². The van der Waals surface area contributed by atoms with Gasteiger partial charge in [0.1, 0.15) is 0 Å². The molecule has 0 aliphatic carbocycles. The van der Waals surface area contributed by atoms with E-state index in [0.29, 0.717) is 35.1 Å². The van der Waals surface area contributed by atoms with Gasteiger partial charge in [-0.1, -0.05) is 24.3 Å². The first-order valence-electron chi connectivity index (χ1n) is 7.56. The van der Waals surface area contributed by atoms with Gasteiger partial charge in [0.15, 0.2) is 0 Å². The molecule has 0 saturated heterocycles. The second-order valence-corrected chi connectivity index (χ2v) is 5.90. The van der Waals surface area contributed by atoms with E-state index in [1.54, 1.807) is 13.8 Å². The number of hydrogen-bond donors (Lipinski definition) is 2. The molecule has 0 bridgehead atoms. The van der Waals surface area contributed by atoms with Gasteiger partial charge in [-0.3, -0.25) is 29.8 Å². The van der Waals surface area contributed by atoms with Crippen LogP contribution < -0.4 is 10.6 Å². The second kappa shape index (κ2) is 5.88. The maximum atomic E-state index is 11.9. The summed E-state index contributed by atoms with van der Waals surface area (Å²) in [6.45, 7) is 3.24. The highest BCUT2D eigenvalue weighted by Gasteiger charge is 2.29. The summed E-state index contributed by atoms with van der Waals surface area (Å²) in [6, 6.07) is 7.39. The van der Waals surface area contributed by atoms with Crippen LogP contribution in [0.25, 0.3) is 0 Å². The van der Waals surface area contributed by atoms with Crippen LogP contribution in [0.4, 0.5) is 0 Å². The summed E-state index contributed by atoms with van der Waals surface area (Å²) in [7, 11) is 0. The van der Waals surface area contributed by atoms with Crippen LogP contribution in [0.15, 0.2) is 46.6 Å². The fraction of sp³-hybridized carbons (Fsp3) is 0.222. The molecular formula is C18H16N2O4. The van der Waals surface area contributed by atoms with Crippen LogP contribution in [-0.4, -0.2) is 23.6 Å². The quantitative estimate of drug-likeness (QED) is 0.798. The maximum absolute atomic E-state index is 11.9. The van der Waals surface area contributed by atoms with Gasteiger partial charge in [-0.25, -0.2) is 0 Å². The van der Waals surface area contributed by atoms with Gasteiger partial charge in [0.05, 0.1) is 0 Å². The molecule has 6 heteroatoms. The van der Waals surface area contributed by atoms with Crippen molar-refractivity contribution in [1.82, 2.24) is 10.6 Å². The first kappa shape index (κ1) is 15.9. The van der Waals surface area contributed by atoms with Crippen LogP contribution in [0.5, 0.6) is 0 Å². The highest BCUT2D eigenvalue weighted by molar-refractivity contribution is 6.20. The van der Waals surface area contributed by atoms with Crippen molar-refractivity contribution < 1.29 is 19.2 Å². The topological polar surface area (TPSA) is 92.3 Å². The van der Waals surface area contributed by atoms with Crippen LogP contribution in [0.2, 0.25) is 0 Å². The highest BCUT2D eigenvalue weighted by Crippen LogP contribution is 2.24. The van der Waals surface area contributed by atoms with Gasteiger partial charge in [-0.05, 0) is 25.0 Å². The summed E-state index contributed by atoms with van der Waals surface area (Å²) in [6.07, 6.45) is 0.614. The van der Waals surface area contributed by atoms with Gasteiger partial charge >= 0.3 is 0 Å². The molecule has 24 heavy (non-hydrogen) atoms. The van der Waals surface area contributed by atoms with Crippen LogP contribution in [0.3, 0.4) is 0 Å². The zero-order valence-electron chi connectivity index (χ0n) is 13.4. The van der Waals surface area contributed by atoms with Gasteiger partial charge in [0.2, 0.25) is 0 Å². The zero-order chi connectivity index (χ0) is 17.4. The minimum absolute atomic E-state index is 0.307. The minimum atomic E-state index is -0.378. The number of carbonyl (C=O) groups excluding carboxylic acids is 4. The first-order chi connectivity index (χ1) is 11.4. The summed E-state index contributed by atoms with van der Waals surface area (Å²) in [5.74, 6) is -1.49. The Morgan fingerprint density at radius 3 is 1.33 bits per heavy atom. The Bertz CT molecular complexity index is 791. The zero-order valence-corrected chi connectivity index (χ0v) is 13.4. The predicted octanol–water partition coefficient (Wildman–Crippen LogP) is 0.717. The second-order valence-electron chi connectivity index (χ2n) is 5.90. The number of amides is 4. The fourth-order valence-corrected chi connectivity index (χ4v) is 2.87. The van der Waals surface area contributed by atoms with Crippen molar-refractivity contribution in [2.75, 3.05) is 0 Å². The average molecular weight is 324 g/mol. The Balaban J connectivity index is 1.93. The highest BCUT2D eigenvalue weighted by atomic mass is 16.2. The van der Waals surface area contributed by atoms with Crippen molar-refractivity contribution in [1.29, 1.82) is 0 Å². The molecule has 4 amide bonds. The largest absolute Gasteiger partial charge is 0.289 e. The summed E-state index contributed by atoms with van der Waals surface area (Å²) >= 11 is 0. The number of hydrogen-bond acceptors (Lipinski definition) is 4. The molecule has 0 saturated carbocycles. The van der Waals surface area contributed by atoms with Gasteiger partial charge in [-0.15, -0.1) is 0 Å². The lowest BCUT2D eigenvalue weighted by Gasteiger charge is -2.10. The molecule has 0 aromatic heterocycles. The first-order valence-corrected chi connectivity index (χ1v) is 7.56. The summed E-state index contributed by atoms with van der Waals surface area (Å²) in [4.78, 5) is 47.0. The Morgan fingerprint density at radius 2 is 1.04 bits per heavy atom. The van der Waals surface area contributed by atoms with E-state index in [-0.39, 0.29) is 23.6 Å². The molecule has 3 rings (SSSR count). The smallest absolute Gasteiger partial charge is 0.254 e. The number of imide groups is 2. The van der Waals surface area contributed by atoms with Gasteiger partial charge in [0.25, 0.3) is 23.6 Å². The molecule has 0 fully saturated rings. The molecule has 0 atom stereocenters. The van der Waals surface area contributed by atoms with Crippen molar-refractivity contribution in [2.45, 2.75) is 26.7 Å². The van der Waals surface area contributed by atoms with Crippen molar-refractivity contribution in [3.05, 3.63) is 57.7 Å². The summed E-state index contributed by atoms with van der Waals surface area (Å²) < 4.78 is 0. The van der Waals surface area contributed by atoms with Gasteiger partial charge in [-0.2, -0.15) is 0 Å². The van der Waals surface area contributed by atoms with E-state index in [1.807, 2.05) is 24.3 Å². The van der Waals surface area contributed by atoms with Gasteiger partial charge in [0, 0.05) is 35.1 Å². The lowest BCUT2D eigenvalue weighted by molar-refractivity contribution is -0.125. The third-order valence-electron chi connectivity index (χ3n) is 4.44.